The third kappa shape index (κ3) is 6.25. The second-order valence-electron chi connectivity index (χ2n) is 8.24. The second-order valence-corrected chi connectivity index (χ2v) is 8.24. The summed E-state index contributed by atoms with van der Waals surface area (Å²) in [5, 5.41) is 3.19. The molecule has 4 nitrogen and oxygen atoms in total. The molecular weight excluding hydrogens is 358 g/mol. The zero-order valence-electron chi connectivity index (χ0n) is 17.9. The predicted molar refractivity (Wildman–Crippen MR) is 121 cm³/mol. The maximum absolute atomic E-state index is 13.0. The number of carbonyl (C=O) groups is 1. The smallest absolute Gasteiger partial charge is 0.223 e. The van der Waals surface area contributed by atoms with E-state index in [0.717, 1.165) is 45.1 Å². The summed E-state index contributed by atoms with van der Waals surface area (Å²) in [6, 6.07) is 0. The molecule has 2 heterocycles. The highest BCUT2D eigenvalue weighted by atomic mass is 16.1. The quantitative estimate of drug-likeness (QED) is 0.589. The standard InChI is InChI=1S/C25H35N3O/c1-3-20(2)12-13-21(18-22-19-27-24-11-7-6-10-23(22)24)25(29)26-14-17-28-15-8-4-5-9-16-28/h4-6,8-10,15-16,19-21,27H,3,7,11-14,17-18H2,1-2H3,(H,26,29)/t20?,21-/m1/s1. The van der Waals surface area contributed by atoms with Gasteiger partial charge in [-0.25, -0.2) is 0 Å². The average Bonchev–Trinajstić information content (AvgIpc) is 2.96. The number of carbonyl (C=O) groups excluding carboxylic acids is 1. The molecule has 2 N–H and O–H groups in total. The summed E-state index contributed by atoms with van der Waals surface area (Å²) in [7, 11) is 0. The highest BCUT2D eigenvalue weighted by molar-refractivity contribution is 5.79. The van der Waals surface area contributed by atoms with Crippen LogP contribution in [0.5, 0.6) is 0 Å². The minimum atomic E-state index is 0.0242. The predicted octanol–water partition coefficient (Wildman–Crippen LogP) is 4.97. The zero-order chi connectivity index (χ0) is 20.5. The zero-order valence-corrected chi connectivity index (χ0v) is 17.9. The van der Waals surface area contributed by atoms with Crippen LogP contribution in [0.2, 0.25) is 0 Å². The Balaban J connectivity index is 1.59. The number of amides is 1. The summed E-state index contributed by atoms with van der Waals surface area (Å²) in [5.41, 5.74) is 3.91. The number of hydrogen-bond acceptors (Lipinski definition) is 2. The number of aryl methyl sites for hydroxylation is 1. The topological polar surface area (TPSA) is 48.1 Å². The highest BCUT2D eigenvalue weighted by Gasteiger charge is 2.22. The molecule has 1 amide bonds. The van der Waals surface area contributed by atoms with Gasteiger partial charge in [-0.1, -0.05) is 44.6 Å². The van der Waals surface area contributed by atoms with Crippen molar-refractivity contribution in [2.75, 3.05) is 13.1 Å². The van der Waals surface area contributed by atoms with E-state index >= 15 is 0 Å². The van der Waals surface area contributed by atoms with Crippen molar-refractivity contribution in [3.05, 3.63) is 65.8 Å². The van der Waals surface area contributed by atoms with Gasteiger partial charge in [-0.2, -0.15) is 0 Å². The van der Waals surface area contributed by atoms with Crippen LogP contribution in [0.25, 0.3) is 6.08 Å². The lowest BCUT2D eigenvalue weighted by Crippen LogP contribution is -2.36. The Labute approximate surface area is 175 Å². The van der Waals surface area contributed by atoms with Gasteiger partial charge in [0, 0.05) is 43.3 Å². The Morgan fingerprint density at radius 3 is 2.76 bits per heavy atom. The molecule has 4 heteroatoms. The van der Waals surface area contributed by atoms with E-state index in [2.05, 4.69) is 47.4 Å². The fourth-order valence-corrected chi connectivity index (χ4v) is 3.92. The van der Waals surface area contributed by atoms with Crippen molar-refractivity contribution in [2.24, 2.45) is 11.8 Å². The molecule has 1 aliphatic carbocycles. The van der Waals surface area contributed by atoms with Crippen LogP contribution in [0.1, 0.15) is 56.4 Å². The minimum absolute atomic E-state index is 0.0242. The molecule has 0 saturated carbocycles. The van der Waals surface area contributed by atoms with Crippen molar-refractivity contribution >= 4 is 12.0 Å². The molecule has 0 bridgehead atoms. The van der Waals surface area contributed by atoms with E-state index in [-0.39, 0.29) is 11.8 Å². The first-order valence-corrected chi connectivity index (χ1v) is 11.1. The highest BCUT2D eigenvalue weighted by Crippen LogP contribution is 2.26. The molecule has 0 aromatic carbocycles. The second kappa shape index (κ2) is 10.9. The van der Waals surface area contributed by atoms with E-state index in [1.165, 1.54) is 16.8 Å². The van der Waals surface area contributed by atoms with Crippen LogP contribution in [-0.2, 0) is 17.6 Å². The van der Waals surface area contributed by atoms with E-state index in [0.29, 0.717) is 12.5 Å². The van der Waals surface area contributed by atoms with Crippen molar-refractivity contribution in [1.82, 2.24) is 15.2 Å². The van der Waals surface area contributed by atoms with Crippen LogP contribution in [0, 0.1) is 11.8 Å². The number of nitrogens with zero attached hydrogens (tertiary/aromatic N) is 1. The summed E-state index contributed by atoms with van der Waals surface area (Å²) >= 11 is 0. The number of hydrogen-bond donors (Lipinski definition) is 2. The number of nitrogens with one attached hydrogen (secondary N) is 2. The first kappa shape index (κ1) is 21.2. The number of aromatic amines is 1. The van der Waals surface area contributed by atoms with Gasteiger partial charge < -0.3 is 15.2 Å². The Morgan fingerprint density at radius 1 is 1.21 bits per heavy atom. The van der Waals surface area contributed by atoms with Gasteiger partial charge in [0.05, 0.1) is 0 Å². The van der Waals surface area contributed by atoms with Crippen molar-refractivity contribution in [3.63, 3.8) is 0 Å². The summed E-state index contributed by atoms with van der Waals surface area (Å²) in [6.07, 6.45) is 24.9. The van der Waals surface area contributed by atoms with Gasteiger partial charge in [0.15, 0.2) is 0 Å². The molecule has 2 atom stereocenters. The number of rotatable bonds is 10. The maximum atomic E-state index is 13.0. The molecule has 0 spiro atoms. The van der Waals surface area contributed by atoms with Gasteiger partial charge in [-0.3, -0.25) is 4.79 Å². The van der Waals surface area contributed by atoms with Gasteiger partial charge >= 0.3 is 0 Å². The SMILES string of the molecule is CCC(C)CC[C@H](Cc1c[nH]c2c1C=CCC2)C(=O)NCCN1C=CC=CC=C1. The Morgan fingerprint density at radius 2 is 2.00 bits per heavy atom. The van der Waals surface area contributed by atoms with Crippen LogP contribution in [0.3, 0.4) is 0 Å². The largest absolute Gasteiger partial charge is 0.364 e. The lowest BCUT2D eigenvalue weighted by Gasteiger charge is -2.20. The first-order chi connectivity index (χ1) is 14.2. The monoisotopic (exact) mass is 393 g/mol. The van der Waals surface area contributed by atoms with Crippen LogP contribution in [0.4, 0.5) is 0 Å². The van der Waals surface area contributed by atoms with Crippen LogP contribution < -0.4 is 5.32 Å². The third-order valence-electron chi connectivity index (χ3n) is 6.04. The van der Waals surface area contributed by atoms with Gasteiger partial charge in [0.2, 0.25) is 5.91 Å². The molecule has 156 valence electrons. The molecule has 0 saturated heterocycles. The Kier molecular flexibility index (Phi) is 7.97. The fraction of sp³-hybridized carbons (Fsp3) is 0.480. The van der Waals surface area contributed by atoms with E-state index < -0.39 is 0 Å². The fourth-order valence-electron chi connectivity index (χ4n) is 3.92. The van der Waals surface area contributed by atoms with Crippen LogP contribution in [-0.4, -0.2) is 28.9 Å². The number of fused-ring (bicyclic) bond motifs is 1. The molecule has 29 heavy (non-hydrogen) atoms. The van der Waals surface area contributed by atoms with E-state index in [1.54, 1.807) is 0 Å². The van der Waals surface area contributed by atoms with Crippen molar-refractivity contribution in [3.8, 4) is 0 Å². The summed E-state index contributed by atoms with van der Waals surface area (Å²) < 4.78 is 0. The first-order valence-electron chi connectivity index (χ1n) is 11.1. The maximum Gasteiger partial charge on any atom is 0.223 e. The van der Waals surface area contributed by atoms with E-state index in [9.17, 15) is 4.79 Å². The lowest BCUT2D eigenvalue weighted by atomic mass is 9.88. The summed E-state index contributed by atoms with van der Waals surface area (Å²) in [5.74, 6) is 0.866. The molecule has 1 aromatic heterocycles. The summed E-state index contributed by atoms with van der Waals surface area (Å²) in [4.78, 5) is 18.6. The van der Waals surface area contributed by atoms with Gasteiger partial charge in [-0.15, -0.1) is 0 Å². The molecular formula is C25H35N3O. The lowest BCUT2D eigenvalue weighted by molar-refractivity contribution is -0.125. The number of H-pyrrole nitrogens is 1. The summed E-state index contributed by atoms with van der Waals surface area (Å²) in [6.45, 7) is 5.94. The molecule has 0 radical (unpaired) electrons. The van der Waals surface area contributed by atoms with Gasteiger partial charge in [-0.05, 0) is 61.3 Å². The minimum Gasteiger partial charge on any atom is -0.364 e. The van der Waals surface area contributed by atoms with Gasteiger partial charge in [0.25, 0.3) is 0 Å². The van der Waals surface area contributed by atoms with Crippen molar-refractivity contribution < 1.29 is 4.79 Å². The van der Waals surface area contributed by atoms with Crippen LogP contribution >= 0.6 is 0 Å². The normalized spacial score (nSPS) is 17.1. The Bertz CT molecular complexity index is 768. The molecule has 1 unspecified atom stereocenters. The number of aromatic nitrogens is 1. The van der Waals surface area contributed by atoms with E-state index in [1.807, 2.05) is 36.7 Å². The third-order valence-corrected chi connectivity index (χ3v) is 6.04. The van der Waals surface area contributed by atoms with Crippen LogP contribution in [0.15, 0.2) is 49.0 Å². The molecule has 0 fully saturated rings. The van der Waals surface area contributed by atoms with Gasteiger partial charge in [0.1, 0.15) is 0 Å². The molecule has 1 aromatic rings. The molecule has 1 aliphatic heterocycles. The van der Waals surface area contributed by atoms with E-state index in [4.69, 9.17) is 0 Å². The van der Waals surface area contributed by atoms with Crippen molar-refractivity contribution in [2.45, 2.75) is 52.4 Å². The van der Waals surface area contributed by atoms with Crippen molar-refractivity contribution in [1.29, 1.82) is 0 Å². The average molecular weight is 394 g/mol. The molecule has 2 aliphatic rings. The Hall–Kier alpha value is -2.49. The molecule has 3 rings (SSSR count). The number of allylic oxidation sites excluding steroid dienone is 5.